The first-order chi connectivity index (χ1) is 15.2. The molecule has 2 heterocycles. The first-order valence-corrected chi connectivity index (χ1v) is 14.2. The molecule has 2 aromatic heterocycles. The van der Waals surface area contributed by atoms with Gasteiger partial charge in [0.15, 0.2) is 0 Å². The summed E-state index contributed by atoms with van der Waals surface area (Å²) >= 11 is 6.62. The van der Waals surface area contributed by atoms with Gasteiger partial charge in [0.05, 0.1) is 28.9 Å². The molecule has 0 amide bonds. The summed E-state index contributed by atoms with van der Waals surface area (Å²) in [6.07, 6.45) is -0.997. The monoisotopic (exact) mass is 464 g/mol. The summed E-state index contributed by atoms with van der Waals surface area (Å²) in [5.41, 5.74) is 4.02. The van der Waals surface area contributed by atoms with Crippen molar-refractivity contribution in [2.75, 3.05) is 7.11 Å². The van der Waals surface area contributed by atoms with Gasteiger partial charge in [0.1, 0.15) is 14.2 Å². The van der Waals surface area contributed by atoms with Crippen LogP contribution >= 0.6 is 11.6 Å². The largest absolute Gasteiger partial charge is 0.465 e. The number of hydrogen-bond donors (Lipinski definition) is 1. The molecule has 32 heavy (non-hydrogen) atoms. The standard InChI is InChI=1S/C25H25ClN2O3Si/c1-31-25(30)18-12-8-11-17(15-18)23(29)21-20-14-13-19(26)24(32(2,3)4)28(20)27-22(21)16-9-6-5-7-10-16/h5-15,23,29H,1-4H3. The van der Waals surface area contributed by atoms with Gasteiger partial charge in [-0.3, -0.25) is 0 Å². The molecule has 0 spiro atoms. The number of carbonyl (C=O) groups excluding carboxylic acids is 1. The molecule has 164 valence electrons. The van der Waals surface area contributed by atoms with Crippen LogP contribution in [0, 0.1) is 0 Å². The average molecular weight is 465 g/mol. The highest BCUT2D eigenvalue weighted by atomic mass is 35.5. The lowest BCUT2D eigenvalue weighted by Crippen LogP contribution is -2.43. The van der Waals surface area contributed by atoms with Gasteiger partial charge in [0.25, 0.3) is 0 Å². The Morgan fingerprint density at radius 3 is 2.44 bits per heavy atom. The molecule has 1 atom stereocenters. The highest BCUT2D eigenvalue weighted by Gasteiger charge is 2.29. The molecule has 7 heteroatoms. The molecule has 0 saturated carbocycles. The minimum absolute atomic E-state index is 0.382. The third kappa shape index (κ3) is 3.97. The van der Waals surface area contributed by atoms with Crippen LogP contribution in [0.25, 0.3) is 16.8 Å². The van der Waals surface area contributed by atoms with Gasteiger partial charge in [0.2, 0.25) is 0 Å². The second kappa shape index (κ2) is 8.54. The molecule has 1 unspecified atom stereocenters. The van der Waals surface area contributed by atoms with Gasteiger partial charge in [-0.1, -0.05) is 73.7 Å². The average Bonchev–Trinajstić information content (AvgIpc) is 3.16. The van der Waals surface area contributed by atoms with Gasteiger partial charge in [0, 0.05) is 16.4 Å². The molecular formula is C25H25ClN2O3Si. The fourth-order valence-corrected chi connectivity index (χ4v) is 6.58. The zero-order valence-corrected chi connectivity index (χ0v) is 20.2. The molecule has 4 rings (SSSR count). The van der Waals surface area contributed by atoms with E-state index in [1.54, 1.807) is 24.3 Å². The van der Waals surface area contributed by atoms with Crippen molar-refractivity contribution in [3.63, 3.8) is 0 Å². The van der Waals surface area contributed by atoms with Crippen LogP contribution in [0.15, 0.2) is 66.7 Å². The second-order valence-corrected chi connectivity index (χ2v) is 14.1. The van der Waals surface area contributed by atoms with Crippen molar-refractivity contribution < 1.29 is 14.6 Å². The number of aliphatic hydroxyl groups is 1. The van der Waals surface area contributed by atoms with Crippen LogP contribution in [0.5, 0.6) is 0 Å². The smallest absolute Gasteiger partial charge is 0.337 e. The lowest BCUT2D eigenvalue weighted by Gasteiger charge is -2.20. The number of methoxy groups -OCH3 is 1. The van der Waals surface area contributed by atoms with Crippen molar-refractivity contribution in [3.8, 4) is 11.3 Å². The van der Waals surface area contributed by atoms with E-state index in [1.165, 1.54) is 7.11 Å². The van der Waals surface area contributed by atoms with Gasteiger partial charge in [-0.2, -0.15) is 5.10 Å². The van der Waals surface area contributed by atoms with E-state index in [0.29, 0.717) is 27.4 Å². The molecule has 0 fully saturated rings. The quantitative estimate of drug-likeness (QED) is 0.331. The molecule has 4 aromatic rings. The summed E-state index contributed by atoms with van der Waals surface area (Å²) in [6.45, 7) is 6.65. The summed E-state index contributed by atoms with van der Waals surface area (Å²) in [7, 11) is -0.531. The number of rotatable bonds is 5. The maximum atomic E-state index is 12.0. The third-order valence-corrected chi connectivity index (χ3v) is 7.80. The number of carbonyl (C=O) groups is 1. The molecule has 0 aliphatic carbocycles. The third-order valence-electron chi connectivity index (χ3n) is 5.44. The van der Waals surface area contributed by atoms with Crippen molar-refractivity contribution in [3.05, 3.63) is 88.4 Å². The van der Waals surface area contributed by atoms with E-state index in [9.17, 15) is 9.90 Å². The first-order valence-electron chi connectivity index (χ1n) is 10.4. The van der Waals surface area contributed by atoms with E-state index in [4.69, 9.17) is 21.4 Å². The minimum atomic E-state index is -1.87. The Bertz CT molecular complexity index is 1300. The van der Waals surface area contributed by atoms with Gasteiger partial charge in [-0.05, 0) is 29.8 Å². The lowest BCUT2D eigenvalue weighted by molar-refractivity contribution is 0.0600. The first kappa shape index (κ1) is 22.3. The predicted octanol–water partition coefficient (Wildman–Crippen LogP) is 5.07. The SMILES string of the molecule is COC(=O)c1cccc(C(O)c2c(-c3ccccc3)nn3c([Si](C)(C)C)c(Cl)ccc23)c1. The number of pyridine rings is 1. The van der Waals surface area contributed by atoms with Gasteiger partial charge in [-0.15, -0.1) is 0 Å². The molecule has 0 bridgehead atoms. The number of benzene rings is 2. The maximum Gasteiger partial charge on any atom is 0.337 e. The predicted molar refractivity (Wildman–Crippen MR) is 130 cm³/mol. The second-order valence-electron chi connectivity index (χ2n) is 8.72. The van der Waals surface area contributed by atoms with Crippen LogP contribution in [0.1, 0.15) is 27.6 Å². The Labute approximate surface area is 193 Å². The number of aromatic nitrogens is 2. The van der Waals surface area contributed by atoms with Crippen LogP contribution in [0.4, 0.5) is 0 Å². The Kier molecular flexibility index (Phi) is 5.94. The van der Waals surface area contributed by atoms with E-state index in [0.717, 1.165) is 16.4 Å². The van der Waals surface area contributed by atoms with Crippen molar-refractivity contribution >= 4 is 36.5 Å². The number of nitrogens with zero attached hydrogens (tertiary/aromatic N) is 2. The summed E-state index contributed by atoms with van der Waals surface area (Å²) in [5, 5.41) is 18.2. The molecule has 0 aliphatic rings. The minimum Gasteiger partial charge on any atom is -0.465 e. The highest BCUT2D eigenvalue weighted by Crippen LogP contribution is 2.35. The molecule has 5 nitrogen and oxygen atoms in total. The van der Waals surface area contributed by atoms with Crippen LogP contribution in [0.3, 0.4) is 0 Å². The Hall–Kier alpha value is -2.93. The van der Waals surface area contributed by atoms with Crippen LogP contribution < -0.4 is 5.32 Å². The summed E-state index contributed by atoms with van der Waals surface area (Å²) in [5.74, 6) is -0.449. The summed E-state index contributed by atoms with van der Waals surface area (Å²) in [6, 6.07) is 20.4. The van der Waals surface area contributed by atoms with Crippen molar-refractivity contribution in [2.24, 2.45) is 0 Å². The Morgan fingerprint density at radius 2 is 1.78 bits per heavy atom. The lowest BCUT2D eigenvalue weighted by atomic mass is 9.96. The number of esters is 1. The molecule has 0 aliphatic heterocycles. The van der Waals surface area contributed by atoms with Crippen molar-refractivity contribution in [2.45, 2.75) is 25.7 Å². The molecule has 1 N–H and O–H groups in total. The number of aliphatic hydroxyl groups excluding tert-OH is 1. The number of halogens is 1. The van der Waals surface area contributed by atoms with Crippen LogP contribution in [0.2, 0.25) is 24.7 Å². The van der Waals surface area contributed by atoms with Crippen LogP contribution in [-0.4, -0.2) is 35.9 Å². The van der Waals surface area contributed by atoms with E-state index >= 15 is 0 Å². The summed E-state index contributed by atoms with van der Waals surface area (Å²) < 4.78 is 6.73. The van der Waals surface area contributed by atoms with Crippen molar-refractivity contribution in [1.29, 1.82) is 0 Å². The van der Waals surface area contributed by atoms with E-state index in [-0.39, 0.29) is 0 Å². The van der Waals surface area contributed by atoms with Crippen LogP contribution in [-0.2, 0) is 4.74 Å². The Morgan fingerprint density at radius 1 is 1.06 bits per heavy atom. The van der Waals surface area contributed by atoms with Gasteiger partial charge in [-0.25, -0.2) is 9.31 Å². The highest BCUT2D eigenvalue weighted by molar-refractivity contribution is 6.89. The Balaban J connectivity index is 2.00. The fourth-order valence-electron chi connectivity index (χ4n) is 3.98. The normalized spacial score (nSPS) is 12.7. The number of hydrogen-bond acceptors (Lipinski definition) is 4. The summed E-state index contributed by atoms with van der Waals surface area (Å²) in [4.78, 5) is 12.0. The molecule has 2 aromatic carbocycles. The van der Waals surface area contributed by atoms with E-state index < -0.39 is 20.1 Å². The van der Waals surface area contributed by atoms with Gasteiger partial charge >= 0.3 is 5.97 Å². The zero-order valence-electron chi connectivity index (χ0n) is 18.5. The molecular weight excluding hydrogens is 440 g/mol. The van der Waals surface area contributed by atoms with E-state index in [2.05, 4.69) is 19.6 Å². The maximum absolute atomic E-state index is 12.0. The fraction of sp³-hybridized carbons (Fsp3) is 0.200. The molecule has 0 saturated heterocycles. The molecule has 0 radical (unpaired) electrons. The van der Waals surface area contributed by atoms with Crippen molar-refractivity contribution in [1.82, 2.24) is 9.61 Å². The number of ether oxygens (including phenoxy) is 1. The van der Waals surface area contributed by atoms with Gasteiger partial charge < -0.3 is 9.84 Å². The topological polar surface area (TPSA) is 63.8 Å². The number of fused-ring (bicyclic) bond motifs is 1. The zero-order chi connectivity index (χ0) is 23.0. The van der Waals surface area contributed by atoms with E-state index in [1.807, 2.05) is 47.0 Å².